The Kier molecular flexibility index (Phi) is 1.50. The molecule has 3 heteroatoms. The molecule has 1 aliphatic heterocycles. The highest BCUT2D eigenvalue weighted by atomic mass is 15.0. The molecule has 2 N–H and O–H groups in total. The summed E-state index contributed by atoms with van der Waals surface area (Å²) in [5.74, 6) is 1.80. The van der Waals surface area contributed by atoms with E-state index in [1.165, 1.54) is 30.8 Å². The summed E-state index contributed by atoms with van der Waals surface area (Å²) >= 11 is 0. The fourth-order valence-corrected chi connectivity index (χ4v) is 2.71. The lowest BCUT2D eigenvalue weighted by Crippen LogP contribution is -2.42. The quantitative estimate of drug-likeness (QED) is 0.623. The van der Waals surface area contributed by atoms with Crippen LogP contribution < -0.4 is 5.32 Å². The van der Waals surface area contributed by atoms with Crippen LogP contribution in [0.1, 0.15) is 36.0 Å². The number of nitrogens with one attached hydrogen (secondary N) is 2. The number of aromatic nitrogens is 2. The van der Waals surface area contributed by atoms with Crippen LogP contribution >= 0.6 is 0 Å². The summed E-state index contributed by atoms with van der Waals surface area (Å²) in [6.07, 6.45) is 3.69. The molecule has 0 amide bonds. The first-order chi connectivity index (χ1) is 6.33. The lowest BCUT2D eigenvalue weighted by atomic mass is 9.81. The van der Waals surface area contributed by atoms with Crippen LogP contribution in [0.2, 0.25) is 0 Å². The van der Waals surface area contributed by atoms with E-state index < -0.39 is 0 Å². The maximum absolute atomic E-state index is 4.59. The summed E-state index contributed by atoms with van der Waals surface area (Å²) in [7, 11) is 0. The number of fused-ring (bicyclic) bond motifs is 4. The molecule has 0 saturated carbocycles. The predicted molar refractivity (Wildman–Crippen MR) is 50.8 cm³/mol. The van der Waals surface area contributed by atoms with Gasteiger partial charge >= 0.3 is 0 Å². The summed E-state index contributed by atoms with van der Waals surface area (Å²) < 4.78 is 0. The normalized spacial score (nSPS) is 31.5. The lowest BCUT2D eigenvalue weighted by Gasteiger charge is -2.34. The molecule has 2 aliphatic rings. The van der Waals surface area contributed by atoms with E-state index in [1.54, 1.807) is 0 Å². The van der Waals surface area contributed by atoms with Crippen LogP contribution in [0.25, 0.3) is 0 Å². The van der Waals surface area contributed by atoms with Gasteiger partial charge in [-0.05, 0) is 26.3 Å². The highest BCUT2D eigenvalue weighted by Crippen LogP contribution is 2.34. The van der Waals surface area contributed by atoms with Crippen molar-refractivity contribution in [3.8, 4) is 0 Å². The van der Waals surface area contributed by atoms with Gasteiger partial charge in [0.05, 0.1) is 5.69 Å². The first-order valence-electron chi connectivity index (χ1n) is 5.11. The molecule has 2 atom stereocenters. The molecule has 1 aromatic heterocycles. The average Bonchev–Trinajstić information content (AvgIpc) is 2.47. The van der Waals surface area contributed by atoms with Crippen molar-refractivity contribution in [2.75, 3.05) is 6.54 Å². The minimum absolute atomic E-state index is 0.700. The first-order valence-corrected chi connectivity index (χ1v) is 5.11. The lowest BCUT2D eigenvalue weighted by molar-refractivity contribution is 0.333. The number of rotatable bonds is 0. The zero-order valence-electron chi connectivity index (χ0n) is 7.93. The van der Waals surface area contributed by atoms with Gasteiger partial charge in [0.1, 0.15) is 5.82 Å². The van der Waals surface area contributed by atoms with Crippen molar-refractivity contribution >= 4 is 0 Å². The van der Waals surface area contributed by atoms with Gasteiger partial charge in [0.15, 0.2) is 0 Å². The zero-order valence-corrected chi connectivity index (χ0v) is 7.93. The van der Waals surface area contributed by atoms with E-state index >= 15 is 0 Å². The molecule has 13 heavy (non-hydrogen) atoms. The second kappa shape index (κ2) is 2.58. The Labute approximate surface area is 78.0 Å². The van der Waals surface area contributed by atoms with Crippen LogP contribution in [0, 0.1) is 6.92 Å². The number of hydrogen-bond donors (Lipinski definition) is 2. The number of H-pyrrole nitrogens is 1. The third-order valence-electron chi connectivity index (χ3n) is 3.26. The Bertz CT molecular complexity index is 329. The standard InChI is InChI=1S/C10H15N3/c1-6-12-9-5-8-4-7(2-3-11-8)10(9)13-6/h7-8,11H,2-5H2,1H3,(H,12,13)/t7-,8+/m0/s1. The second-order valence-electron chi connectivity index (χ2n) is 4.26. The Hall–Kier alpha value is -0.830. The van der Waals surface area contributed by atoms with Gasteiger partial charge in [-0.3, -0.25) is 0 Å². The Balaban J connectivity index is 2.05. The van der Waals surface area contributed by atoms with Crippen LogP contribution in [-0.2, 0) is 6.42 Å². The highest BCUT2D eigenvalue weighted by molar-refractivity contribution is 5.25. The van der Waals surface area contributed by atoms with Gasteiger partial charge in [-0.15, -0.1) is 0 Å². The topological polar surface area (TPSA) is 40.7 Å². The molecular weight excluding hydrogens is 162 g/mol. The number of nitrogens with zero attached hydrogens (tertiary/aromatic N) is 1. The summed E-state index contributed by atoms with van der Waals surface area (Å²) in [6, 6.07) is 0.700. The molecule has 2 heterocycles. The van der Waals surface area contributed by atoms with Crippen LogP contribution in [-0.4, -0.2) is 22.6 Å². The number of imidazole rings is 1. The molecule has 0 spiro atoms. The first kappa shape index (κ1) is 7.56. The number of hydrogen-bond acceptors (Lipinski definition) is 2. The van der Waals surface area contributed by atoms with E-state index in [2.05, 4.69) is 22.2 Å². The molecule has 1 saturated heterocycles. The van der Waals surface area contributed by atoms with Crippen molar-refractivity contribution in [1.29, 1.82) is 0 Å². The van der Waals surface area contributed by atoms with Gasteiger partial charge in [-0.25, -0.2) is 4.98 Å². The number of piperidine rings is 1. The van der Waals surface area contributed by atoms with Crippen molar-refractivity contribution in [3.63, 3.8) is 0 Å². The minimum Gasteiger partial charge on any atom is -0.346 e. The van der Waals surface area contributed by atoms with Gasteiger partial charge in [0, 0.05) is 24.1 Å². The maximum atomic E-state index is 4.59. The van der Waals surface area contributed by atoms with Crippen molar-refractivity contribution in [2.45, 2.75) is 38.1 Å². The van der Waals surface area contributed by atoms with Crippen molar-refractivity contribution in [1.82, 2.24) is 15.3 Å². The highest BCUT2D eigenvalue weighted by Gasteiger charge is 2.32. The fraction of sp³-hybridized carbons (Fsp3) is 0.700. The molecule has 1 fully saturated rings. The van der Waals surface area contributed by atoms with E-state index in [9.17, 15) is 0 Å². The van der Waals surface area contributed by atoms with Gasteiger partial charge in [-0.2, -0.15) is 0 Å². The summed E-state index contributed by atoms with van der Waals surface area (Å²) in [5, 5.41) is 3.55. The molecule has 3 nitrogen and oxygen atoms in total. The van der Waals surface area contributed by atoms with Crippen molar-refractivity contribution in [3.05, 3.63) is 17.2 Å². The largest absolute Gasteiger partial charge is 0.346 e. The van der Waals surface area contributed by atoms with Crippen LogP contribution in [0.15, 0.2) is 0 Å². The molecule has 2 bridgehead atoms. The van der Waals surface area contributed by atoms with E-state index in [0.717, 1.165) is 18.2 Å². The van der Waals surface area contributed by atoms with Crippen LogP contribution in [0.4, 0.5) is 0 Å². The zero-order chi connectivity index (χ0) is 8.84. The van der Waals surface area contributed by atoms with Gasteiger partial charge in [0.2, 0.25) is 0 Å². The molecular formula is C10H15N3. The smallest absolute Gasteiger partial charge is 0.103 e. The molecule has 1 aliphatic carbocycles. The monoisotopic (exact) mass is 177 g/mol. The summed E-state index contributed by atoms with van der Waals surface area (Å²) in [4.78, 5) is 7.96. The predicted octanol–water partition coefficient (Wildman–Crippen LogP) is 1.11. The summed E-state index contributed by atoms with van der Waals surface area (Å²) in [6.45, 7) is 3.22. The number of aromatic amines is 1. The van der Waals surface area contributed by atoms with E-state index in [0.29, 0.717) is 6.04 Å². The molecule has 1 aromatic rings. The second-order valence-corrected chi connectivity index (χ2v) is 4.26. The Morgan fingerprint density at radius 1 is 1.46 bits per heavy atom. The molecule has 3 rings (SSSR count). The third kappa shape index (κ3) is 1.10. The molecule has 0 radical (unpaired) electrons. The molecule has 0 aromatic carbocycles. The van der Waals surface area contributed by atoms with Crippen LogP contribution in [0.3, 0.4) is 0 Å². The van der Waals surface area contributed by atoms with Gasteiger partial charge < -0.3 is 10.3 Å². The number of aryl methyl sites for hydroxylation is 1. The van der Waals surface area contributed by atoms with E-state index in [-0.39, 0.29) is 0 Å². The van der Waals surface area contributed by atoms with Crippen LogP contribution in [0.5, 0.6) is 0 Å². The van der Waals surface area contributed by atoms with Gasteiger partial charge in [-0.1, -0.05) is 0 Å². The SMILES string of the molecule is Cc1nc2c([nH]1)C[C@H]1C[C@@H]2CCN1. The van der Waals surface area contributed by atoms with E-state index in [1.807, 2.05) is 0 Å². The molecule has 70 valence electrons. The minimum atomic E-state index is 0.700. The van der Waals surface area contributed by atoms with Crippen molar-refractivity contribution < 1.29 is 0 Å². The average molecular weight is 177 g/mol. The Morgan fingerprint density at radius 3 is 3.31 bits per heavy atom. The Morgan fingerprint density at radius 2 is 2.38 bits per heavy atom. The van der Waals surface area contributed by atoms with Gasteiger partial charge in [0.25, 0.3) is 0 Å². The summed E-state index contributed by atoms with van der Waals surface area (Å²) in [5.41, 5.74) is 2.74. The maximum Gasteiger partial charge on any atom is 0.103 e. The van der Waals surface area contributed by atoms with Crippen molar-refractivity contribution in [2.24, 2.45) is 0 Å². The fourth-order valence-electron chi connectivity index (χ4n) is 2.71. The third-order valence-corrected chi connectivity index (χ3v) is 3.26. The molecule has 0 unspecified atom stereocenters. The van der Waals surface area contributed by atoms with E-state index in [4.69, 9.17) is 0 Å².